The largest absolute Gasteiger partial charge is 0.453 e. The third kappa shape index (κ3) is 24.5. The number of azide groups is 4. The molecule has 0 saturated heterocycles. The normalized spacial score (nSPS) is 17.7. The smallest absolute Gasteiger partial charge is 0.407 e. The van der Waals surface area contributed by atoms with Crippen LogP contribution in [0.2, 0.25) is 0 Å². The van der Waals surface area contributed by atoms with Gasteiger partial charge in [0, 0.05) is 70.5 Å². The van der Waals surface area contributed by atoms with E-state index >= 15 is 0 Å². The number of amides is 4. The summed E-state index contributed by atoms with van der Waals surface area (Å²) in [6.07, 6.45) is 8.84. The first-order valence-corrected chi connectivity index (χ1v) is 18.0. The van der Waals surface area contributed by atoms with E-state index in [1.165, 1.54) is 14.2 Å². The van der Waals surface area contributed by atoms with Gasteiger partial charge in [-0.2, -0.15) is 0 Å². The van der Waals surface area contributed by atoms with E-state index in [0.29, 0.717) is 51.5 Å². The van der Waals surface area contributed by atoms with Gasteiger partial charge in [0.05, 0.1) is 14.2 Å². The molecular weight excluding hydrogens is 692 g/mol. The van der Waals surface area contributed by atoms with E-state index < -0.39 is 18.1 Å². The maximum absolute atomic E-state index is 11.9. The summed E-state index contributed by atoms with van der Waals surface area (Å²) in [4.78, 5) is 56.9. The van der Waals surface area contributed by atoms with E-state index in [1.807, 2.05) is 13.8 Å². The van der Waals surface area contributed by atoms with Crippen LogP contribution in [0, 0.1) is 17.8 Å². The standard InChI is InChI=1S/C12H21N5O4.C12H23N5O2.C7H12N6/c1-20-11(18)14-6-4-3-5-9(15-12(19)21-2)8-7-10(8)16-17-13;1-3-7-14-11(18)10(6-5-9-16-17-13)12(19)15-8-4-2;8-12-10-4-2-1-3-6-5-7(6)11-13-9/h8-10H,3-7H2,1-2H3,(H,14,18)(H,15,19);10H,3-9H2,1-2H3,(H,14,18)(H,15,19);6-7H,1-5H2. The first-order chi connectivity index (χ1) is 25.7. The fourth-order valence-electron chi connectivity index (χ4n) is 5.11. The van der Waals surface area contributed by atoms with Crippen molar-refractivity contribution in [2.24, 2.45) is 38.2 Å². The van der Waals surface area contributed by atoms with Gasteiger partial charge < -0.3 is 30.7 Å². The summed E-state index contributed by atoms with van der Waals surface area (Å²) in [7, 11) is 2.62. The predicted molar refractivity (Wildman–Crippen MR) is 197 cm³/mol. The number of nitrogens with zero attached hydrogens (tertiary/aromatic N) is 12. The molecule has 2 saturated carbocycles. The van der Waals surface area contributed by atoms with E-state index in [-0.39, 0.29) is 35.9 Å². The van der Waals surface area contributed by atoms with Crippen molar-refractivity contribution in [1.29, 1.82) is 0 Å². The summed E-state index contributed by atoms with van der Waals surface area (Å²) in [5, 5.41) is 25.0. The third-order valence-electron chi connectivity index (χ3n) is 8.18. The molecule has 0 bridgehead atoms. The van der Waals surface area contributed by atoms with Crippen LogP contribution in [0.4, 0.5) is 9.59 Å². The van der Waals surface area contributed by atoms with Gasteiger partial charge in [-0.15, -0.1) is 0 Å². The van der Waals surface area contributed by atoms with E-state index in [1.54, 1.807) is 0 Å². The fraction of sp³-hybridized carbons (Fsp3) is 0.871. The molecule has 0 aromatic carbocycles. The topological polar surface area (TPSA) is 330 Å². The molecule has 0 spiro atoms. The summed E-state index contributed by atoms with van der Waals surface area (Å²) < 4.78 is 9.06. The highest BCUT2D eigenvalue weighted by Crippen LogP contribution is 2.39. The van der Waals surface area contributed by atoms with Crippen LogP contribution < -0.4 is 21.3 Å². The van der Waals surface area contributed by atoms with E-state index in [0.717, 1.165) is 64.2 Å². The first kappa shape index (κ1) is 47.7. The van der Waals surface area contributed by atoms with Gasteiger partial charge in [0.25, 0.3) is 0 Å². The lowest BCUT2D eigenvalue weighted by Crippen LogP contribution is -2.41. The molecule has 22 nitrogen and oxygen atoms in total. The number of rotatable bonds is 24. The molecule has 0 radical (unpaired) electrons. The van der Waals surface area contributed by atoms with Gasteiger partial charge >= 0.3 is 12.2 Å². The van der Waals surface area contributed by atoms with Crippen LogP contribution in [0.15, 0.2) is 20.5 Å². The molecule has 2 aliphatic rings. The molecular formula is C31H56N16O6. The number of carbonyl (C=O) groups is 4. The van der Waals surface area contributed by atoms with E-state index in [9.17, 15) is 19.2 Å². The maximum atomic E-state index is 11.9. The monoisotopic (exact) mass is 748 g/mol. The minimum absolute atomic E-state index is 0.0506. The quantitative estimate of drug-likeness (QED) is 0.0268. The summed E-state index contributed by atoms with van der Waals surface area (Å²) in [5.41, 5.74) is 32.7. The second kappa shape index (κ2) is 31.5. The van der Waals surface area contributed by atoms with Crippen molar-refractivity contribution in [2.45, 2.75) is 109 Å². The highest BCUT2D eigenvalue weighted by Gasteiger charge is 2.42. The van der Waals surface area contributed by atoms with Crippen molar-refractivity contribution in [3.8, 4) is 0 Å². The van der Waals surface area contributed by atoms with Gasteiger partial charge in [-0.3, -0.25) is 9.59 Å². The highest BCUT2D eigenvalue weighted by molar-refractivity contribution is 6.00. The average molecular weight is 749 g/mol. The molecule has 296 valence electrons. The lowest BCUT2D eigenvalue weighted by molar-refractivity contribution is -0.135. The van der Waals surface area contributed by atoms with Crippen LogP contribution in [-0.2, 0) is 19.1 Å². The molecule has 5 unspecified atom stereocenters. The highest BCUT2D eigenvalue weighted by atomic mass is 16.5. The third-order valence-corrected chi connectivity index (χ3v) is 8.18. The number of alkyl carbamates (subject to hydrolysis) is 2. The van der Waals surface area contributed by atoms with Gasteiger partial charge in [-0.1, -0.05) is 47.1 Å². The minimum Gasteiger partial charge on any atom is -0.453 e. The van der Waals surface area contributed by atoms with Gasteiger partial charge in [0.2, 0.25) is 11.8 Å². The Labute approximate surface area is 309 Å². The fourth-order valence-corrected chi connectivity index (χ4v) is 5.11. The molecule has 0 aliphatic heterocycles. The number of ether oxygens (including phenoxy) is 2. The number of carbonyl (C=O) groups excluding carboxylic acids is 4. The Morgan fingerprint density at radius 2 is 1.26 bits per heavy atom. The van der Waals surface area contributed by atoms with Crippen LogP contribution in [0.5, 0.6) is 0 Å². The van der Waals surface area contributed by atoms with E-state index in [4.69, 9.17) is 22.1 Å². The Kier molecular flexibility index (Phi) is 28.3. The Morgan fingerprint density at radius 1 is 0.679 bits per heavy atom. The average Bonchev–Trinajstić information content (AvgIpc) is 4.10. The molecule has 4 amide bonds. The SMILES string of the molecule is CCCNC(=O)C(CCCN=[N+]=[N-])C(=O)NCCC.COC(=O)NCCCCC(NC(=O)OC)C1CC1N=[N+]=[N-].[N-]=[N+]=NCCCCC1CC1N=[N+]=[N-]. The molecule has 53 heavy (non-hydrogen) atoms. The van der Waals surface area contributed by atoms with Gasteiger partial charge in [0.15, 0.2) is 0 Å². The molecule has 5 atom stereocenters. The van der Waals surface area contributed by atoms with Crippen LogP contribution in [0.25, 0.3) is 41.8 Å². The Hall–Kier alpha value is -5.28. The summed E-state index contributed by atoms with van der Waals surface area (Å²) in [6, 6.07) is 0.112. The number of hydrogen-bond donors (Lipinski definition) is 4. The molecule has 4 N–H and O–H groups in total. The molecule has 2 fully saturated rings. The van der Waals surface area contributed by atoms with Crippen LogP contribution in [-0.4, -0.2) is 89.1 Å². The van der Waals surface area contributed by atoms with Gasteiger partial charge in [-0.05, 0) is 98.2 Å². The predicted octanol–water partition coefficient (Wildman–Crippen LogP) is 6.85. The maximum Gasteiger partial charge on any atom is 0.407 e. The van der Waals surface area contributed by atoms with Crippen molar-refractivity contribution in [3.05, 3.63) is 41.8 Å². The number of unbranched alkanes of at least 4 members (excludes halogenated alkanes) is 2. The van der Waals surface area contributed by atoms with Gasteiger partial charge in [-0.25, -0.2) is 9.59 Å². The summed E-state index contributed by atoms with van der Waals surface area (Å²) >= 11 is 0. The molecule has 2 rings (SSSR count). The second-order valence-electron chi connectivity index (χ2n) is 12.3. The van der Waals surface area contributed by atoms with Crippen molar-refractivity contribution < 1.29 is 28.7 Å². The Bertz CT molecular complexity index is 1270. The van der Waals surface area contributed by atoms with Crippen LogP contribution >= 0.6 is 0 Å². The van der Waals surface area contributed by atoms with E-state index in [2.05, 4.69) is 70.8 Å². The lowest BCUT2D eigenvalue weighted by atomic mass is 10.0. The molecule has 0 aromatic rings. The minimum atomic E-state index is -0.702. The zero-order valence-corrected chi connectivity index (χ0v) is 31.3. The first-order valence-electron chi connectivity index (χ1n) is 18.0. The van der Waals surface area contributed by atoms with Crippen molar-refractivity contribution in [1.82, 2.24) is 21.3 Å². The summed E-state index contributed by atoms with van der Waals surface area (Å²) in [6.45, 7) is 6.42. The molecule has 22 heteroatoms. The zero-order valence-electron chi connectivity index (χ0n) is 31.3. The van der Waals surface area contributed by atoms with Crippen LogP contribution in [0.1, 0.15) is 90.9 Å². The molecule has 2 aliphatic carbocycles. The van der Waals surface area contributed by atoms with Gasteiger partial charge in [0.1, 0.15) is 5.92 Å². The van der Waals surface area contributed by atoms with Crippen molar-refractivity contribution in [3.63, 3.8) is 0 Å². The van der Waals surface area contributed by atoms with Crippen molar-refractivity contribution >= 4 is 24.0 Å². The zero-order chi connectivity index (χ0) is 39.7. The molecule has 0 aromatic heterocycles. The Balaban J connectivity index is 0.000000786. The number of nitrogens with one attached hydrogen (secondary N) is 4. The van der Waals surface area contributed by atoms with Crippen LogP contribution in [0.3, 0.4) is 0 Å². The Morgan fingerprint density at radius 3 is 1.81 bits per heavy atom. The molecule has 0 heterocycles. The summed E-state index contributed by atoms with van der Waals surface area (Å²) in [5.74, 6) is -0.463. The number of hydrogen-bond acceptors (Lipinski definition) is 10. The second-order valence-corrected chi connectivity index (χ2v) is 12.3. The lowest BCUT2D eigenvalue weighted by Gasteiger charge is -2.17. The number of methoxy groups -OCH3 is 2. The van der Waals surface area contributed by atoms with Crippen molar-refractivity contribution in [2.75, 3.05) is 46.9 Å².